The fourth-order valence-corrected chi connectivity index (χ4v) is 3.95. The summed E-state index contributed by atoms with van der Waals surface area (Å²) in [7, 11) is 0. The molecule has 0 bridgehead atoms. The number of anilines is 1. The number of ether oxygens (including phenoxy) is 1. The molecule has 2 aromatic rings. The molecule has 1 saturated heterocycles. The largest absolute Gasteiger partial charge is 0.478 e. The van der Waals surface area contributed by atoms with Crippen LogP contribution in [0.5, 0.6) is 0 Å². The van der Waals surface area contributed by atoms with Crippen LogP contribution in [0, 0.1) is 12.8 Å². The van der Waals surface area contributed by atoms with Crippen molar-refractivity contribution in [3.8, 4) is 0 Å². The van der Waals surface area contributed by atoms with Gasteiger partial charge in [0.25, 0.3) is 0 Å². The van der Waals surface area contributed by atoms with Crippen molar-refractivity contribution in [3.63, 3.8) is 0 Å². The summed E-state index contributed by atoms with van der Waals surface area (Å²) in [6, 6.07) is 13.8. The van der Waals surface area contributed by atoms with Gasteiger partial charge in [-0.25, -0.2) is 4.79 Å². The summed E-state index contributed by atoms with van der Waals surface area (Å²) in [6.07, 6.45) is 2.28. The maximum Gasteiger partial charge on any atom is 0.335 e. The second-order valence-electron chi connectivity index (χ2n) is 6.74. The number of aryl methyl sites for hydroxylation is 1. The Labute approximate surface area is 141 Å². The molecule has 4 rings (SSSR count). The number of nitrogens with one attached hydrogen (secondary N) is 1. The summed E-state index contributed by atoms with van der Waals surface area (Å²) < 4.78 is 6.14. The first-order valence-corrected chi connectivity index (χ1v) is 8.45. The highest BCUT2D eigenvalue weighted by molar-refractivity contribution is 5.87. The van der Waals surface area contributed by atoms with Crippen LogP contribution >= 0.6 is 0 Å². The van der Waals surface area contributed by atoms with E-state index in [0.29, 0.717) is 11.5 Å². The number of carbonyl (C=O) groups is 1. The Morgan fingerprint density at radius 3 is 2.75 bits per heavy atom. The zero-order valence-corrected chi connectivity index (χ0v) is 13.7. The van der Waals surface area contributed by atoms with Crippen LogP contribution in [0.4, 0.5) is 5.69 Å². The Balaban J connectivity index is 1.73. The van der Waals surface area contributed by atoms with Crippen LogP contribution in [0.3, 0.4) is 0 Å². The average Bonchev–Trinajstić information content (AvgIpc) is 2.61. The molecule has 24 heavy (non-hydrogen) atoms. The third-order valence-corrected chi connectivity index (χ3v) is 5.14. The number of aromatic carboxylic acids is 1. The maximum atomic E-state index is 11.1. The van der Waals surface area contributed by atoms with E-state index in [1.807, 2.05) is 12.1 Å². The van der Waals surface area contributed by atoms with Gasteiger partial charge in [0.1, 0.15) is 0 Å². The Morgan fingerprint density at radius 2 is 2.00 bits per heavy atom. The van der Waals surface area contributed by atoms with Crippen molar-refractivity contribution < 1.29 is 14.6 Å². The van der Waals surface area contributed by atoms with Crippen molar-refractivity contribution in [3.05, 3.63) is 64.7 Å². The monoisotopic (exact) mass is 323 g/mol. The highest BCUT2D eigenvalue weighted by Crippen LogP contribution is 2.49. The molecule has 0 spiro atoms. The number of carboxylic acid groups (broad SMARTS) is 1. The van der Waals surface area contributed by atoms with Gasteiger partial charge in [-0.05, 0) is 43.5 Å². The second-order valence-corrected chi connectivity index (χ2v) is 6.74. The van der Waals surface area contributed by atoms with E-state index in [0.717, 1.165) is 30.7 Å². The zero-order valence-electron chi connectivity index (χ0n) is 13.7. The van der Waals surface area contributed by atoms with Gasteiger partial charge >= 0.3 is 5.97 Å². The van der Waals surface area contributed by atoms with Crippen LogP contribution in [-0.2, 0) is 4.74 Å². The molecule has 1 unspecified atom stereocenters. The van der Waals surface area contributed by atoms with E-state index in [2.05, 4.69) is 30.4 Å². The molecule has 124 valence electrons. The third kappa shape index (κ3) is 2.57. The topological polar surface area (TPSA) is 58.6 Å². The number of carboxylic acids is 1. The van der Waals surface area contributed by atoms with Crippen LogP contribution in [0.25, 0.3) is 0 Å². The molecule has 0 amide bonds. The minimum Gasteiger partial charge on any atom is -0.478 e. The fourth-order valence-electron chi connectivity index (χ4n) is 3.95. The second kappa shape index (κ2) is 5.95. The summed E-state index contributed by atoms with van der Waals surface area (Å²) in [5.74, 6) is -0.526. The molecule has 2 aliphatic rings. The van der Waals surface area contributed by atoms with Crippen molar-refractivity contribution in [1.82, 2.24) is 0 Å². The van der Waals surface area contributed by atoms with Crippen LogP contribution < -0.4 is 5.32 Å². The summed E-state index contributed by atoms with van der Waals surface area (Å²) in [6.45, 7) is 2.91. The molecular formula is C20H21NO3. The summed E-state index contributed by atoms with van der Waals surface area (Å²) in [5, 5.41) is 12.8. The Bertz CT molecular complexity index is 769. The van der Waals surface area contributed by atoms with E-state index < -0.39 is 5.97 Å². The van der Waals surface area contributed by atoms with E-state index in [9.17, 15) is 4.79 Å². The molecule has 4 nitrogen and oxygen atoms in total. The Morgan fingerprint density at radius 1 is 1.21 bits per heavy atom. The van der Waals surface area contributed by atoms with Gasteiger partial charge < -0.3 is 15.2 Å². The van der Waals surface area contributed by atoms with Crippen molar-refractivity contribution in [2.24, 2.45) is 5.92 Å². The van der Waals surface area contributed by atoms with Crippen molar-refractivity contribution in [2.75, 3.05) is 11.9 Å². The molecule has 1 fully saturated rings. The van der Waals surface area contributed by atoms with E-state index in [1.54, 1.807) is 12.1 Å². The first kappa shape index (κ1) is 15.2. The van der Waals surface area contributed by atoms with Gasteiger partial charge in [-0.2, -0.15) is 0 Å². The van der Waals surface area contributed by atoms with Crippen LogP contribution in [-0.4, -0.2) is 17.7 Å². The van der Waals surface area contributed by atoms with Crippen LogP contribution in [0.1, 0.15) is 52.0 Å². The number of hydrogen-bond acceptors (Lipinski definition) is 3. The molecule has 0 aromatic heterocycles. The minimum absolute atomic E-state index is 0.110. The average molecular weight is 323 g/mol. The van der Waals surface area contributed by atoms with Crippen molar-refractivity contribution in [2.45, 2.75) is 31.9 Å². The van der Waals surface area contributed by atoms with Gasteiger partial charge in [-0.3, -0.25) is 0 Å². The van der Waals surface area contributed by atoms with Gasteiger partial charge in [0.05, 0.1) is 17.7 Å². The zero-order chi connectivity index (χ0) is 16.7. The molecule has 2 heterocycles. The van der Waals surface area contributed by atoms with E-state index >= 15 is 0 Å². The lowest BCUT2D eigenvalue weighted by atomic mass is 9.77. The first-order chi connectivity index (χ1) is 11.6. The smallest absolute Gasteiger partial charge is 0.335 e. The standard InChI is InChI=1S/C20H21NO3/c1-12-4-9-17-16(11-12)19-15(3-2-10-24-19)18(21-17)13-5-7-14(8-6-13)20(22)23/h4-9,11,15,18-19,21H,2-3,10H2,1H3,(H,22,23)/t15-,18?,19-/m0/s1. The number of hydrogen-bond donors (Lipinski definition) is 2. The SMILES string of the molecule is Cc1ccc2c(c1)[C@H]1OCCC[C@H]1C(c1ccc(C(=O)O)cc1)N2. The lowest BCUT2D eigenvalue weighted by Gasteiger charge is -2.43. The van der Waals surface area contributed by atoms with E-state index in [-0.39, 0.29) is 12.1 Å². The van der Waals surface area contributed by atoms with E-state index in [1.165, 1.54) is 11.1 Å². The van der Waals surface area contributed by atoms with Gasteiger partial charge in [-0.15, -0.1) is 0 Å². The fraction of sp³-hybridized carbons (Fsp3) is 0.350. The van der Waals surface area contributed by atoms with Crippen molar-refractivity contribution in [1.29, 1.82) is 0 Å². The Kier molecular flexibility index (Phi) is 3.77. The normalized spacial score (nSPS) is 25.3. The molecule has 2 aliphatic heterocycles. The van der Waals surface area contributed by atoms with E-state index in [4.69, 9.17) is 9.84 Å². The van der Waals surface area contributed by atoms with Gasteiger partial charge in [0.2, 0.25) is 0 Å². The predicted molar refractivity (Wildman–Crippen MR) is 92.4 cm³/mol. The lowest BCUT2D eigenvalue weighted by molar-refractivity contribution is -0.0381. The molecule has 2 N–H and O–H groups in total. The molecule has 3 atom stereocenters. The highest BCUT2D eigenvalue weighted by Gasteiger charge is 2.39. The summed E-state index contributed by atoms with van der Waals surface area (Å²) in [4.78, 5) is 11.1. The number of fused-ring (bicyclic) bond motifs is 3. The van der Waals surface area contributed by atoms with Crippen LogP contribution in [0.15, 0.2) is 42.5 Å². The minimum atomic E-state index is -0.891. The number of rotatable bonds is 2. The molecular weight excluding hydrogens is 302 g/mol. The lowest BCUT2D eigenvalue weighted by Crippen LogP contribution is -2.36. The molecule has 2 aromatic carbocycles. The molecule has 0 radical (unpaired) electrons. The van der Waals surface area contributed by atoms with Crippen molar-refractivity contribution >= 4 is 11.7 Å². The number of benzene rings is 2. The third-order valence-electron chi connectivity index (χ3n) is 5.14. The Hall–Kier alpha value is -2.33. The molecule has 0 aliphatic carbocycles. The quantitative estimate of drug-likeness (QED) is 0.864. The molecule has 0 saturated carbocycles. The highest BCUT2D eigenvalue weighted by atomic mass is 16.5. The summed E-state index contributed by atoms with van der Waals surface area (Å²) in [5.41, 5.74) is 5.05. The predicted octanol–water partition coefficient (Wildman–Crippen LogP) is 4.33. The maximum absolute atomic E-state index is 11.1. The summed E-state index contributed by atoms with van der Waals surface area (Å²) >= 11 is 0. The molecule has 4 heteroatoms. The van der Waals surface area contributed by atoms with Crippen LogP contribution in [0.2, 0.25) is 0 Å². The van der Waals surface area contributed by atoms with Gasteiger partial charge in [0, 0.05) is 23.8 Å². The first-order valence-electron chi connectivity index (χ1n) is 8.45. The van der Waals surface area contributed by atoms with Gasteiger partial charge in [-0.1, -0.05) is 29.8 Å². The van der Waals surface area contributed by atoms with Gasteiger partial charge in [0.15, 0.2) is 0 Å².